The molecule has 0 heterocycles. The quantitative estimate of drug-likeness (QED) is 0.0261. The molecule has 0 spiro atoms. The van der Waals surface area contributed by atoms with Crippen LogP contribution in [0.25, 0.3) is 0 Å². The lowest BCUT2D eigenvalue weighted by Crippen LogP contribution is -2.30. The van der Waals surface area contributed by atoms with Gasteiger partial charge in [-0.2, -0.15) is 0 Å². The first-order valence-corrected chi connectivity index (χ1v) is 32.5. The molecule has 0 amide bonds. The molecule has 0 saturated carbocycles. The average Bonchev–Trinajstić information content (AvgIpc) is 3.44. The van der Waals surface area contributed by atoms with Crippen molar-refractivity contribution in [1.29, 1.82) is 0 Å². The monoisotopic (exact) mass is 1080 g/mol. The Morgan fingerprint density at radius 2 is 0.500 bits per heavy atom. The van der Waals surface area contributed by atoms with Gasteiger partial charge in [0, 0.05) is 19.3 Å². The highest BCUT2D eigenvalue weighted by molar-refractivity contribution is 5.71. The number of carbonyl (C=O) groups is 3. The van der Waals surface area contributed by atoms with Crippen molar-refractivity contribution in [3.8, 4) is 0 Å². The first kappa shape index (κ1) is 73.8. The van der Waals surface area contributed by atoms with Crippen LogP contribution in [-0.2, 0) is 28.6 Å². The van der Waals surface area contributed by atoms with Gasteiger partial charge in [-0.3, -0.25) is 14.4 Å². The molecule has 78 heavy (non-hydrogen) atoms. The second kappa shape index (κ2) is 65.3. The molecule has 0 aromatic heterocycles. The van der Waals surface area contributed by atoms with E-state index in [4.69, 9.17) is 14.2 Å². The molecule has 444 valence electrons. The SMILES string of the molecule is CC/C=C\C/C=C\C/C=C\C/C=C\C/C=C\C/C=C\C/C=C\C/C=C\CCCCCCCCC(=O)OCC(COC(=O)CCCCCCCC)OC(=O)CCCCCCCCCCCCC/C=C\C/C=C\CCCCCCC. The van der Waals surface area contributed by atoms with Crippen molar-refractivity contribution in [2.24, 2.45) is 0 Å². The minimum absolute atomic E-state index is 0.0844. The van der Waals surface area contributed by atoms with Gasteiger partial charge < -0.3 is 14.2 Å². The second-order valence-corrected chi connectivity index (χ2v) is 21.3. The Bertz CT molecular complexity index is 1620. The number of unbranched alkanes of at least 4 members (excludes halogenated alkanes) is 27. The zero-order valence-corrected chi connectivity index (χ0v) is 50.9. The molecule has 0 aromatic carbocycles. The van der Waals surface area contributed by atoms with Crippen molar-refractivity contribution in [3.05, 3.63) is 122 Å². The topological polar surface area (TPSA) is 78.9 Å². The molecular formula is C72H120O6. The Kier molecular flexibility index (Phi) is 61.8. The Morgan fingerprint density at radius 3 is 0.782 bits per heavy atom. The molecule has 6 nitrogen and oxygen atoms in total. The highest BCUT2D eigenvalue weighted by atomic mass is 16.6. The van der Waals surface area contributed by atoms with Crippen molar-refractivity contribution in [2.75, 3.05) is 13.2 Å². The summed E-state index contributed by atoms with van der Waals surface area (Å²) in [6.07, 6.45) is 91.0. The van der Waals surface area contributed by atoms with Gasteiger partial charge in [-0.25, -0.2) is 0 Å². The van der Waals surface area contributed by atoms with Crippen LogP contribution in [0.1, 0.15) is 297 Å². The Morgan fingerprint density at radius 1 is 0.269 bits per heavy atom. The molecule has 1 atom stereocenters. The molecule has 0 saturated heterocycles. The van der Waals surface area contributed by atoms with Crippen molar-refractivity contribution < 1.29 is 28.6 Å². The molecule has 0 N–H and O–H groups in total. The van der Waals surface area contributed by atoms with E-state index in [2.05, 4.69) is 142 Å². The van der Waals surface area contributed by atoms with E-state index in [9.17, 15) is 14.4 Å². The fraction of sp³-hybridized carbons (Fsp3) is 0.681. The van der Waals surface area contributed by atoms with Crippen molar-refractivity contribution in [3.63, 3.8) is 0 Å². The van der Waals surface area contributed by atoms with Gasteiger partial charge in [-0.15, -0.1) is 0 Å². The third-order valence-electron chi connectivity index (χ3n) is 13.7. The summed E-state index contributed by atoms with van der Waals surface area (Å²) in [6, 6.07) is 0. The smallest absolute Gasteiger partial charge is 0.306 e. The van der Waals surface area contributed by atoms with Crippen LogP contribution in [0.3, 0.4) is 0 Å². The van der Waals surface area contributed by atoms with E-state index < -0.39 is 6.10 Å². The molecule has 0 radical (unpaired) electrons. The molecule has 0 rings (SSSR count). The molecule has 0 aliphatic rings. The van der Waals surface area contributed by atoms with Crippen molar-refractivity contribution >= 4 is 17.9 Å². The zero-order valence-electron chi connectivity index (χ0n) is 50.9. The van der Waals surface area contributed by atoms with E-state index in [0.29, 0.717) is 19.3 Å². The van der Waals surface area contributed by atoms with E-state index in [0.717, 1.165) is 128 Å². The number of allylic oxidation sites excluding steroid dienone is 20. The van der Waals surface area contributed by atoms with Crippen LogP contribution in [-0.4, -0.2) is 37.2 Å². The molecule has 0 bridgehead atoms. The van der Waals surface area contributed by atoms with Crippen LogP contribution >= 0.6 is 0 Å². The summed E-state index contributed by atoms with van der Waals surface area (Å²) in [7, 11) is 0. The maximum absolute atomic E-state index is 12.9. The lowest BCUT2D eigenvalue weighted by Gasteiger charge is -2.18. The molecule has 0 aromatic rings. The van der Waals surface area contributed by atoms with Crippen LogP contribution < -0.4 is 0 Å². The number of hydrogen-bond donors (Lipinski definition) is 0. The summed E-state index contributed by atoms with van der Waals surface area (Å²) >= 11 is 0. The van der Waals surface area contributed by atoms with Crippen LogP contribution in [0.2, 0.25) is 0 Å². The first-order valence-electron chi connectivity index (χ1n) is 32.5. The molecular weight excluding hydrogens is 961 g/mol. The second-order valence-electron chi connectivity index (χ2n) is 21.3. The molecule has 6 heteroatoms. The predicted octanol–water partition coefficient (Wildman–Crippen LogP) is 22.4. The minimum atomic E-state index is -0.785. The highest BCUT2D eigenvalue weighted by Gasteiger charge is 2.19. The van der Waals surface area contributed by atoms with E-state index in [1.807, 2.05) is 0 Å². The van der Waals surface area contributed by atoms with Gasteiger partial charge in [-0.1, -0.05) is 284 Å². The average molecular weight is 1080 g/mol. The van der Waals surface area contributed by atoms with Gasteiger partial charge in [-0.05, 0) is 116 Å². The van der Waals surface area contributed by atoms with Gasteiger partial charge in [0.1, 0.15) is 13.2 Å². The van der Waals surface area contributed by atoms with Gasteiger partial charge in [0.15, 0.2) is 6.10 Å². The van der Waals surface area contributed by atoms with Crippen molar-refractivity contribution in [1.82, 2.24) is 0 Å². The largest absolute Gasteiger partial charge is 0.462 e. The summed E-state index contributed by atoms with van der Waals surface area (Å²) in [5, 5.41) is 0. The van der Waals surface area contributed by atoms with Gasteiger partial charge >= 0.3 is 17.9 Å². The summed E-state index contributed by atoms with van der Waals surface area (Å²) in [6.45, 7) is 6.45. The molecule has 1 unspecified atom stereocenters. The summed E-state index contributed by atoms with van der Waals surface area (Å²) in [5.74, 6) is -0.908. The zero-order chi connectivity index (χ0) is 56.4. The maximum atomic E-state index is 12.9. The minimum Gasteiger partial charge on any atom is -0.462 e. The van der Waals surface area contributed by atoms with Crippen LogP contribution in [0.5, 0.6) is 0 Å². The molecule has 0 aliphatic carbocycles. The third-order valence-corrected chi connectivity index (χ3v) is 13.7. The van der Waals surface area contributed by atoms with E-state index in [1.165, 1.54) is 128 Å². The lowest BCUT2D eigenvalue weighted by molar-refractivity contribution is -0.167. The number of carbonyl (C=O) groups excluding carboxylic acids is 3. The van der Waals surface area contributed by atoms with Crippen LogP contribution in [0, 0.1) is 0 Å². The number of hydrogen-bond acceptors (Lipinski definition) is 6. The van der Waals surface area contributed by atoms with E-state index >= 15 is 0 Å². The Hall–Kier alpha value is -4.19. The lowest BCUT2D eigenvalue weighted by atomic mass is 10.0. The predicted molar refractivity (Wildman–Crippen MR) is 339 cm³/mol. The van der Waals surface area contributed by atoms with E-state index in [-0.39, 0.29) is 31.1 Å². The van der Waals surface area contributed by atoms with Crippen LogP contribution in [0.15, 0.2) is 122 Å². The van der Waals surface area contributed by atoms with Crippen LogP contribution in [0.4, 0.5) is 0 Å². The number of ether oxygens (including phenoxy) is 3. The Balaban J connectivity index is 4.15. The standard InChI is InChI=1S/C72H120O6/c1-4-7-10-13-16-18-20-22-24-26-28-30-32-33-34-35-36-37-38-39-41-42-44-46-48-50-52-54-56-59-62-65-71(74)77-68-69(67-76-70(73)64-61-58-15-12-9-6-3)78-72(75)66-63-60-57-55-53-51-49-47-45-43-40-31-29-27-25-23-21-19-17-14-11-8-5-2/h7,10,16,18,21-24,27-30,33-34,36-37,39,41,44,46,69H,4-6,8-9,11-15,17,19-20,25-26,31-32,35,38,40,42-43,45,47-68H2,1-3H3/b10-7-,18-16-,23-21-,24-22-,29-27-,30-28-,34-33-,37-36-,41-39-,46-44-. The number of rotatable bonds is 58. The van der Waals surface area contributed by atoms with Gasteiger partial charge in [0.25, 0.3) is 0 Å². The van der Waals surface area contributed by atoms with Gasteiger partial charge in [0.05, 0.1) is 0 Å². The van der Waals surface area contributed by atoms with Crippen molar-refractivity contribution in [2.45, 2.75) is 303 Å². The fourth-order valence-electron chi connectivity index (χ4n) is 8.84. The number of esters is 3. The van der Waals surface area contributed by atoms with E-state index in [1.54, 1.807) is 0 Å². The summed E-state index contributed by atoms with van der Waals surface area (Å²) in [5.41, 5.74) is 0. The fourth-order valence-corrected chi connectivity index (χ4v) is 8.84. The third kappa shape index (κ3) is 62.7. The highest BCUT2D eigenvalue weighted by Crippen LogP contribution is 2.15. The Labute approximate surface area is 482 Å². The van der Waals surface area contributed by atoms with Gasteiger partial charge in [0.2, 0.25) is 0 Å². The summed E-state index contributed by atoms with van der Waals surface area (Å²) in [4.78, 5) is 38.0. The summed E-state index contributed by atoms with van der Waals surface area (Å²) < 4.78 is 16.8. The molecule has 0 aliphatic heterocycles. The first-order chi connectivity index (χ1) is 38.5. The maximum Gasteiger partial charge on any atom is 0.306 e. The molecule has 0 fully saturated rings. The normalized spacial score (nSPS) is 12.9.